The largest absolute Gasteiger partial charge is 0.487 e. The van der Waals surface area contributed by atoms with E-state index in [0.717, 1.165) is 0 Å². The van der Waals surface area contributed by atoms with Crippen LogP contribution in [0.4, 0.5) is 5.69 Å². The number of carbonyl (C=O) groups excluding carboxylic acids is 1. The molecule has 20 heavy (non-hydrogen) atoms. The smallest absolute Gasteiger partial charge is 0.310 e. The maximum atomic E-state index is 11.4. The molecule has 0 aromatic heterocycles. The minimum atomic E-state index is -0.343. The van der Waals surface area contributed by atoms with E-state index in [-0.39, 0.29) is 24.6 Å². The van der Waals surface area contributed by atoms with Gasteiger partial charge in [0.05, 0.1) is 25.7 Å². The second-order valence-electron chi connectivity index (χ2n) is 5.08. The average Bonchev–Trinajstić information content (AvgIpc) is 2.33. The SMILES string of the molecule is COC(=O)Cc1cc(OC(C)C)c(OC(C)C)cc1N. The van der Waals surface area contributed by atoms with Gasteiger partial charge >= 0.3 is 5.97 Å². The lowest BCUT2D eigenvalue weighted by atomic mass is 10.1. The number of methoxy groups -OCH3 is 1. The Morgan fingerprint density at radius 3 is 2.05 bits per heavy atom. The summed E-state index contributed by atoms with van der Waals surface area (Å²) in [5, 5.41) is 0. The summed E-state index contributed by atoms with van der Waals surface area (Å²) in [6.07, 6.45) is 0.119. The Labute approximate surface area is 120 Å². The van der Waals surface area contributed by atoms with E-state index in [2.05, 4.69) is 4.74 Å². The van der Waals surface area contributed by atoms with Crippen LogP contribution in [0.25, 0.3) is 0 Å². The molecule has 0 unspecified atom stereocenters. The van der Waals surface area contributed by atoms with E-state index in [0.29, 0.717) is 22.7 Å². The molecule has 0 heterocycles. The molecule has 0 aliphatic rings. The van der Waals surface area contributed by atoms with Crippen LogP contribution in [0, 0.1) is 0 Å². The highest BCUT2D eigenvalue weighted by atomic mass is 16.5. The van der Waals surface area contributed by atoms with Gasteiger partial charge < -0.3 is 19.9 Å². The fraction of sp³-hybridized carbons (Fsp3) is 0.533. The molecular weight excluding hydrogens is 258 g/mol. The molecule has 0 atom stereocenters. The molecule has 0 radical (unpaired) electrons. The Morgan fingerprint density at radius 2 is 1.60 bits per heavy atom. The first-order valence-electron chi connectivity index (χ1n) is 6.66. The van der Waals surface area contributed by atoms with E-state index in [1.165, 1.54) is 7.11 Å². The molecule has 0 saturated heterocycles. The van der Waals surface area contributed by atoms with E-state index in [4.69, 9.17) is 15.2 Å². The Hall–Kier alpha value is -1.91. The first-order chi connectivity index (χ1) is 9.33. The maximum absolute atomic E-state index is 11.4. The summed E-state index contributed by atoms with van der Waals surface area (Å²) in [7, 11) is 1.35. The standard InChI is InChI=1S/C15H23NO4/c1-9(2)19-13-6-11(7-15(17)18-5)12(16)8-14(13)20-10(3)4/h6,8-10H,7,16H2,1-5H3. The van der Waals surface area contributed by atoms with Gasteiger partial charge in [-0.05, 0) is 39.3 Å². The zero-order valence-electron chi connectivity index (χ0n) is 12.7. The van der Waals surface area contributed by atoms with Crippen molar-refractivity contribution >= 4 is 11.7 Å². The molecule has 5 nitrogen and oxygen atoms in total. The fourth-order valence-electron chi connectivity index (χ4n) is 1.69. The Kier molecular flexibility index (Phi) is 5.67. The van der Waals surface area contributed by atoms with Crippen molar-refractivity contribution in [2.24, 2.45) is 0 Å². The monoisotopic (exact) mass is 281 g/mol. The van der Waals surface area contributed by atoms with Gasteiger partial charge in [-0.2, -0.15) is 0 Å². The summed E-state index contributed by atoms with van der Waals surface area (Å²) in [4.78, 5) is 11.4. The molecule has 0 fully saturated rings. The van der Waals surface area contributed by atoms with E-state index in [1.807, 2.05) is 27.7 Å². The van der Waals surface area contributed by atoms with E-state index in [9.17, 15) is 4.79 Å². The minimum Gasteiger partial charge on any atom is -0.487 e. The summed E-state index contributed by atoms with van der Waals surface area (Å²) >= 11 is 0. The normalized spacial score (nSPS) is 10.8. The third kappa shape index (κ3) is 4.64. The molecule has 0 bridgehead atoms. The second kappa shape index (κ2) is 7.03. The average molecular weight is 281 g/mol. The Balaban J connectivity index is 3.13. The summed E-state index contributed by atoms with van der Waals surface area (Å²) in [5.41, 5.74) is 7.11. The van der Waals surface area contributed by atoms with Crippen molar-refractivity contribution in [3.63, 3.8) is 0 Å². The van der Waals surface area contributed by atoms with Crippen molar-refractivity contribution in [3.05, 3.63) is 17.7 Å². The highest BCUT2D eigenvalue weighted by Gasteiger charge is 2.15. The van der Waals surface area contributed by atoms with Gasteiger partial charge in [0.2, 0.25) is 0 Å². The topological polar surface area (TPSA) is 70.8 Å². The summed E-state index contributed by atoms with van der Waals surface area (Å²) in [5.74, 6) is 0.825. The molecule has 112 valence electrons. The first kappa shape index (κ1) is 16.1. The van der Waals surface area contributed by atoms with Gasteiger partial charge in [0.25, 0.3) is 0 Å². The zero-order valence-corrected chi connectivity index (χ0v) is 12.7. The number of esters is 1. The van der Waals surface area contributed by atoms with Crippen LogP contribution in [0.5, 0.6) is 11.5 Å². The number of nitrogen functional groups attached to an aromatic ring is 1. The molecular formula is C15H23NO4. The van der Waals surface area contributed by atoms with Gasteiger partial charge in [-0.15, -0.1) is 0 Å². The lowest BCUT2D eigenvalue weighted by Crippen LogP contribution is -2.13. The summed E-state index contributed by atoms with van der Waals surface area (Å²) < 4.78 is 16.1. The molecule has 1 aromatic rings. The molecule has 0 amide bonds. The van der Waals surface area contributed by atoms with Crippen LogP contribution >= 0.6 is 0 Å². The Bertz CT molecular complexity index is 469. The van der Waals surface area contributed by atoms with Crippen LogP contribution in [0.2, 0.25) is 0 Å². The van der Waals surface area contributed by atoms with Crippen LogP contribution in [-0.4, -0.2) is 25.3 Å². The number of anilines is 1. The molecule has 1 aromatic carbocycles. The number of hydrogen-bond acceptors (Lipinski definition) is 5. The predicted molar refractivity (Wildman–Crippen MR) is 78.1 cm³/mol. The number of rotatable bonds is 6. The number of carbonyl (C=O) groups is 1. The predicted octanol–water partition coefficient (Wildman–Crippen LogP) is 2.56. The van der Waals surface area contributed by atoms with Crippen LogP contribution in [-0.2, 0) is 16.0 Å². The van der Waals surface area contributed by atoms with E-state index >= 15 is 0 Å². The molecule has 0 saturated carbocycles. The molecule has 2 N–H and O–H groups in total. The molecule has 0 aliphatic heterocycles. The number of nitrogens with two attached hydrogens (primary N) is 1. The Morgan fingerprint density at radius 1 is 1.10 bits per heavy atom. The highest BCUT2D eigenvalue weighted by Crippen LogP contribution is 2.34. The molecule has 5 heteroatoms. The lowest BCUT2D eigenvalue weighted by Gasteiger charge is -2.19. The van der Waals surface area contributed by atoms with E-state index in [1.54, 1.807) is 12.1 Å². The third-order valence-corrected chi connectivity index (χ3v) is 2.49. The number of ether oxygens (including phenoxy) is 3. The van der Waals surface area contributed by atoms with Crippen molar-refractivity contribution in [2.45, 2.75) is 46.3 Å². The molecule has 0 spiro atoms. The maximum Gasteiger partial charge on any atom is 0.310 e. The van der Waals surface area contributed by atoms with Gasteiger partial charge in [0.1, 0.15) is 0 Å². The quantitative estimate of drug-likeness (QED) is 0.641. The third-order valence-electron chi connectivity index (χ3n) is 2.49. The van der Waals surface area contributed by atoms with E-state index < -0.39 is 0 Å². The van der Waals surface area contributed by atoms with Crippen molar-refractivity contribution in [1.29, 1.82) is 0 Å². The zero-order chi connectivity index (χ0) is 15.3. The minimum absolute atomic E-state index is 0.000821. The van der Waals surface area contributed by atoms with Crippen LogP contribution in [0.3, 0.4) is 0 Å². The summed E-state index contributed by atoms with van der Waals surface area (Å²) in [6, 6.07) is 3.43. The van der Waals surface area contributed by atoms with Crippen LogP contribution in [0.1, 0.15) is 33.3 Å². The van der Waals surface area contributed by atoms with Crippen molar-refractivity contribution in [2.75, 3.05) is 12.8 Å². The number of hydrogen-bond donors (Lipinski definition) is 1. The van der Waals surface area contributed by atoms with Gasteiger partial charge in [-0.1, -0.05) is 0 Å². The molecule has 1 rings (SSSR count). The van der Waals surface area contributed by atoms with Gasteiger partial charge in [-0.25, -0.2) is 0 Å². The lowest BCUT2D eigenvalue weighted by molar-refractivity contribution is -0.139. The van der Waals surface area contributed by atoms with Gasteiger partial charge in [-0.3, -0.25) is 4.79 Å². The number of benzene rings is 1. The van der Waals surface area contributed by atoms with Crippen molar-refractivity contribution in [1.82, 2.24) is 0 Å². The highest BCUT2D eigenvalue weighted by molar-refractivity contribution is 5.75. The van der Waals surface area contributed by atoms with Gasteiger partial charge in [0, 0.05) is 11.8 Å². The first-order valence-corrected chi connectivity index (χ1v) is 6.66. The summed E-state index contributed by atoms with van der Waals surface area (Å²) in [6.45, 7) is 7.71. The van der Waals surface area contributed by atoms with Gasteiger partial charge in [0.15, 0.2) is 11.5 Å². The second-order valence-corrected chi connectivity index (χ2v) is 5.08. The fourth-order valence-corrected chi connectivity index (χ4v) is 1.69. The van der Waals surface area contributed by atoms with Crippen LogP contribution < -0.4 is 15.2 Å². The molecule has 0 aliphatic carbocycles. The van der Waals surface area contributed by atoms with Crippen molar-refractivity contribution < 1.29 is 19.0 Å². The van der Waals surface area contributed by atoms with Crippen molar-refractivity contribution in [3.8, 4) is 11.5 Å². The van der Waals surface area contributed by atoms with Crippen LogP contribution in [0.15, 0.2) is 12.1 Å².